The molecule has 2 amide bonds. The Kier molecular flexibility index (Phi) is 5.13. The standard InChI is InChI=1S/C19H21ClN4O2/c1-12-15(13(2)23(3)22-12)7-9-18(25)21-14-6-8-17(16(20)11-14)24-10-4-5-19(24)26/h6-9,11H,4-5,10H2,1-3H3,(H,21,25)/b9-7+. The van der Waals surface area contributed by atoms with E-state index in [-0.39, 0.29) is 11.8 Å². The van der Waals surface area contributed by atoms with Crippen molar-refractivity contribution < 1.29 is 9.59 Å². The van der Waals surface area contributed by atoms with Crippen LogP contribution in [-0.4, -0.2) is 28.1 Å². The normalized spacial score (nSPS) is 14.5. The molecule has 0 atom stereocenters. The monoisotopic (exact) mass is 372 g/mol. The van der Waals surface area contributed by atoms with Gasteiger partial charge in [0.2, 0.25) is 11.8 Å². The van der Waals surface area contributed by atoms with E-state index in [2.05, 4.69) is 10.4 Å². The molecule has 1 aromatic heterocycles. The zero-order valence-corrected chi connectivity index (χ0v) is 15.8. The molecule has 1 aliphatic rings. The minimum atomic E-state index is -0.256. The van der Waals surface area contributed by atoms with Crippen molar-refractivity contribution in [1.29, 1.82) is 0 Å². The Labute approximate surface area is 157 Å². The van der Waals surface area contributed by atoms with Gasteiger partial charge >= 0.3 is 0 Å². The van der Waals surface area contributed by atoms with Crippen LogP contribution in [-0.2, 0) is 16.6 Å². The van der Waals surface area contributed by atoms with Gasteiger partial charge in [-0.05, 0) is 44.5 Å². The molecule has 1 aromatic carbocycles. The second-order valence-electron chi connectivity index (χ2n) is 6.35. The van der Waals surface area contributed by atoms with E-state index in [1.165, 1.54) is 6.08 Å². The molecule has 2 heterocycles. The number of carbonyl (C=O) groups excluding carboxylic acids is 2. The van der Waals surface area contributed by atoms with Gasteiger partial charge < -0.3 is 10.2 Å². The van der Waals surface area contributed by atoms with E-state index < -0.39 is 0 Å². The van der Waals surface area contributed by atoms with E-state index in [0.29, 0.717) is 29.4 Å². The fourth-order valence-electron chi connectivity index (χ4n) is 3.08. The first-order chi connectivity index (χ1) is 12.4. The molecule has 1 fully saturated rings. The van der Waals surface area contributed by atoms with Crippen molar-refractivity contribution in [2.75, 3.05) is 16.8 Å². The number of benzene rings is 1. The van der Waals surface area contributed by atoms with Crippen LogP contribution in [0.4, 0.5) is 11.4 Å². The molecule has 0 spiro atoms. The summed E-state index contributed by atoms with van der Waals surface area (Å²) in [5.74, 6) is -0.178. The number of hydrogen-bond acceptors (Lipinski definition) is 3. The molecular formula is C19H21ClN4O2. The first-order valence-electron chi connectivity index (χ1n) is 8.46. The number of hydrogen-bond donors (Lipinski definition) is 1. The van der Waals surface area contributed by atoms with Gasteiger partial charge in [-0.2, -0.15) is 5.10 Å². The Morgan fingerprint density at radius 1 is 1.35 bits per heavy atom. The molecule has 136 valence electrons. The van der Waals surface area contributed by atoms with E-state index in [4.69, 9.17) is 11.6 Å². The zero-order chi connectivity index (χ0) is 18.8. The summed E-state index contributed by atoms with van der Waals surface area (Å²) in [5, 5.41) is 7.55. The summed E-state index contributed by atoms with van der Waals surface area (Å²) in [7, 11) is 1.87. The molecule has 0 radical (unpaired) electrons. The Morgan fingerprint density at radius 2 is 2.12 bits per heavy atom. The summed E-state index contributed by atoms with van der Waals surface area (Å²) in [6, 6.07) is 5.17. The van der Waals surface area contributed by atoms with Crippen LogP contribution in [0.1, 0.15) is 29.8 Å². The largest absolute Gasteiger partial charge is 0.322 e. The summed E-state index contributed by atoms with van der Waals surface area (Å²) < 4.78 is 1.78. The Hall–Kier alpha value is -2.60. The summed E-state index contributed by atoms with van der Waals surface area (Å²) in [6.07, 6.45) is 4.62. The summed E-state index contributed by atoms with van der Waals surface area (Å²) >= 11 is 6.30. The zero-order valence-electron chi connectivity index (χ0n) is 15.0. The van der Waals surface area contributed by atoms with E-state index >= 15 is 0 Å². The van der Waals surface area contributed by atoms with Gasteiger partial charge in [0.05, 0.1) is 16.4 Å². The highest BCUT2D eigenvalue weighted by molar-refractivity contribution is 6.34. The van der Waals surface area contributed by atoms with Crippen LogP contribution in [0.25, 0.3) is 6.08 Å². The molecule has 0 unspecified atom stereocenters. The molecule has 7 heteroatoms. The van der Waals surface area contributed by atoms with Crippen LogP contribution in [0.5, 0.6) is 0 Å². The lowest BCUT2D eigenvalue weighted by molar-refractivity contribution is -0.117. The van der Waals surface area contributed by atoms with E-state index in [9.17, 15) is 9.59 Å². The van der Waals surface area contributed by atoms with Crippen LogP contribution in [0.2, 0.25) is 5.02 Å². The van der Waals surface area contributed by atoms with Gasteiger partial charge in [-0.25, -0.2) is 0 Å². The fraction of sp³-hybridized carbons (Fsp3) is 0.316. The molecule has 3 rings (SSSR count). The number of amides is 2. The van der Waals surface area contributed by atoms with E-state index in [1.54, 1.807) is 33.9 Å². The minimum Gasteiger partial charge on any atom is -0.322 e. The lowest BCUT2D eigenvalue weighted by Crippen LogP contribution is -2.24. The fourth-order valence-corrected chi connectivity index (χ4v) is 3.36. The van der Waals surface area contributed by atoms with Gasteiger partial charge in [0.1, 0.15) is 0 Å². The number of halogens is 1. The highest BCUT2D eigenvalue weighted by atomic mass is 35.5. The average Bonchev–Trinajstić information content (AvgIpc) is 3.10. The molecule has 2 aromatic rings. The van der Waals surface area contributed by atoms with Crippen LogP contribution >= 0.6 is 11.6 Å². The van der Waals surface area contributed by atoms with Crippen LogP contribution in [0, 0.1) is 13.8 Å². The molecule has 1 aliphatic heterocycles. The smallest absolute Gasteiger partial charge is 0.248 e. The number of aryl methyl sites for hydroxylation is 2. The van der Waals surface area contributed by atoms with Gasteiger partial charge in [0, 0.05) is 43.0 Å². The predicted molar refractivity (Wildman–Crippen MR) is 103 cm³/mol. The number of anilines is 2. The number of nitrogens with zero attached hydrogens (tertiary/aromatic N) is 3. The van der Waals surface area contributed by atoms with Crippen molar-refractivity contribution in [3.63, 3.8) is 0 Å². The van der Waals surface area contributed by atoms with Gasteiger partial charge in [-0.3, -0.25) is 14.3 Å². The van der Waals surface area contributed by atoms with E-state index in [1.807, 2.05) is 20.9 Å². The molecule has 0 aliphatic carbocycles. The summed E-state index contributed by atoms with van der Waals surface area (Å²) in [6.45, 7) is 4.54. The van der Waals surface area contributed by atoms with Crippen LogP contribution in [0.15, 0.2) is 24.3 Å². The molecule has 1 saturated heterocycles. The first kappa shape index (κ1) is 18.2. The van der Waals surface area contributed by atoms with Gasteiger partial charge in [-0.15, -0.1) is 0 Å². The molecule has 0 bridgehead atoms. The summed E-state index contributed by atoms with van der Waals surface area (Å²) in [5.41, 5.74) is 4.07. The lowest BCUT2D eigenvalue weighted by Gasteiger charge is -2.17. The predicted octanol–water partition coefficient (Wildman–Crippen LogP) is 3.47. The molecule has 1 N–H and O–H groups in total. The third kappa shape index (κ3) is 3.65. The minimum absolute atomic E-state index is 0.0776. The third-order valence-corrected chi connectivity index (χ3v) is 4.85. The van der Waals surface area contributed by atoms with Gasteiger partial charge in [0.15, 0.2) is 0 Å². The van der Waals surface area contributed by atoms with E-state index in [0.717, 1.165) is 23.4 Å². The lowest BCUT2D eigenvalue weighted by atomic mass is 10.2. The SMILES string of the molecule is Cc1nn(C)c(C)c1/C=C/C(=O)Nc1ccc(N2CCCC2=O)c(Cl)c1. The van der Waals surface area contributed by atoms with Crippen molar-refractivity contribution in [1.82, 2.24) is 9.78 Å². The Bertz CT molecular complexity index is 901. The average molecular weight is 373 g/mol. The topological polar surface area (TPSA) is 67.2 Å². The molecule has 26 heavy (non-hydrogen) atoms. The maximum Gasteiger partial charge on any atom is 0.248 e. The second kappa shape index (κ2) is 7.33. The highest BCUT2D eigenvalue weighted by Gasteiger charge is 2.23. The molecule has 0 saturated carbocycles. The van der Waals surface area contributed by atoms with Gasteiger partial charge in [-0.1, -0.05) is 11.6 Å². The van der Waals surface area contributed by atoms with Crippen molar-refractivity contribution in [2.45, 2.75) is 26.7 Å². The first-order valence-corrected chi connectivity index (χ1v) is 8.84. The quantitative estimate of drug-likeness (QED) is 0.835. The second-order valence-corrected chi connectivity index (χ2v) is 6.75. The van der Waals surface area contributed by atoms with Crippen LogP contribution < -0.4 is 10.2 Å². The number of aromatic nitrogens is 2. The maximum atomic E-state index is 12.2. The molecular weight excluding hydrogens is 352 g/mol. The number of carbonyl (C=O) groups is 2. The van der Waals surface area contributed by atoms with Crippen molar-refractivity contribution >= 4 is 40.9 Å². The third-order valence-electron chi connectivity index (χ3n) is 4.55. The Morgan fingerprint density at radius 3 is 2.69 bits per heavy atom. The van der Waals surface area contributed by atoms with Crippen molar-refractivity contribution in [3.8, 4) is 0 Å². The summed E-state index contributed by atoms with van der Waals surface area (Å²) in [4.78, 5) is 25.7. The number of rotatable bonds is 4. The maximum absolute atomic E-state index is 12.2. The van der Waals surface area contributed by atoms with Crippen LogP contribution in [0.3, 0.4) is 0 Å². The van der Waals surface area contributed by atoms with Crippen molar-refractivity contribution in [3.05, 3.63) is 46.2 Å². The Balaban J connectivity index is 1.70. The molecule has 6 nitrogen and oxygen atoms in total. The van der Waals surface area contributed by atoms with Crippen molar-refractivity contribution in [2.24, 2.45) is 7.05 Å². The highest BCUT2D eigenvalue weighted by Crippen LogP contribution is 2.31. The number of nitrogens with one attached hydrogen (secondary N) is 1. The van der Waals surface area contributed by atoms with Gasteiger partial charge in [0.25, 0.3) is 0 Å².